The van der Waals surface area contributed by atoms with Gasteiger partial charge >= 0.3 is 0 Å². The van der Waals surface area contributed by atoms with E-state index in [-0.39, 0.29) is 5.91 Å². The van der Waals surface area contributed by atoms with E-state index in [9.17, 15) is 4.79 Å². The van der Waals surface area contributed by atoms with E-state index in [1.165, 1.54) is 6.42 Å². The number of likely N-dealkylation sites (tertiary alicyclic amines) is 1. The lowest BCUT2D eigenvalue weighted by Crippen LogP contribution is -2.32. The van der Waals surface area contributed by atoms with Gasteiger partial charge in [0, 0.05) is 36.8 Å². The van der Waals surface area contributed by atoms with Crippen LogP contribution in [0.15, 0.2) is 16.7 Å². The molecule has 1 aromatic rings. The summed E-state index contributed by atoms with van der Waals surface area (Å²) in [4.78, 5) is 14.6. The van der Waals surface area contributed by atoms with Gasteiger partial charge in [0.25, 0.3) is 5.91 Å². The van der Waals surface area contributed by atoms with E-state index >= 15 is 0 Å². The number of carbonyl (C=O) groups excluding carboxylic acids is 1. The molecule has 2 heterocycles. The lowest BCUT2D eigenvalue weighted by atomic mass is 9.79. The maximum atomic E-state index is 12.6. The molecule has 0 bridgehead atoms. The number of rotatable bonds is 1. The monoisotopic (exact) mass is 325 g/mol. The van der Waals surface area contributed by atoms with Crippen molar-refractivity contribution in [1.82, 2.24) is 9.47 Å². The van der Waals surface area contributed by atoms with Crippen molar-refractivity contribution in [2.45, 2.75) is 25.3 Å². The van der Waals surface area contributed by atoms with Gasteiger partial charge in [-0.15, -0.1) is 0 Å². The Morgan fingerprint density at radius 2 is 2.11 bits per heavy atom. The first-order valence-corrected chi connectivity index (χ1v) is 7.70. The largest absolute Gasteiger partial charge is 0.345 e. The maximum absolute atomic E-state index is 12.6. The van der Waals surface area contributed by atoms with Crippen molar-refractivity contribution in [3.05, 3.63) is 22.4 Å². The van der Waals surface area contributed by atoms with Crippen molar-refractivity contribution in [1.29, 1.82) is 0 Å². The van der Waals surface area contributed by atoms with E-state index in [1.54, 1.807) is 0 Å². The molecule has 1 unspecified atom stereocenters. The van der Waals surface area contributed by atoms with E-state index in [1.807, 2.05) is 28.8 Å². The molecule has 2 fully saturated rings. The van der Waals surface area contributed by atoms with E-state index in [0.29, 0.717) is 17.9 Å². The second-order valence-corrected chi connectivity index (χ2v) is 6.87. The average Bonchev–Trinajstić information content (AvgIpc) is 2.91. The number of hydrogen-bond donors (Lipinski definition) is 1. The van der Waals surface area contributed by atoms with E-state index in [4.69, 9.17) is 5.73 Å². The third-order valence-electron chi connectivity index (χ3n) is 4.57. The summed E-state index contributed by atoms with van der Waals surface area (Å²) in [6.45, 7) is 1.78. The van der Waals surface area contributed by atoms with Crippen LogP contribution in [0.1, 0.15) is 29.8 Å². The summed E-state index contributed by atoms with van der Waals surface area (Å²) in [6, 6.07) is 2.23. The van der Waals surface area contributed by atoms with E-state index in [0.717, 1.165) is 36.1 Å². The normalized spacial score (nSPS) is 30.5. The number of nitrogens with two attached hydrogens (primary N) is 1. The fourth-order valence-corrected chi connectivity index (χ4v) is 4.06. The number of aromatic nitrogens is 1. The predicted octanol–water partition coefficient (Wildman–Crippen LogP) is 1.99. The van der Waals surface area contributed by atoms with Crippen molar-refractivity contribution in [2.24, 2.45) is 24.6 Å². The molecule has 4 nitrogen and oxygen atoms in total. The molecule has 0 radical (unpaired) electrons. The van der Waals surface area contributed by atoms with Crippen LogP contribution in [0.4, 0.5) is 0 Å². The first kappa shape index (κ1) is 13.2. The van der Waals surface area contributed by atoms with Crippen LogP contribution in [0.25, 0.3) is 0 Å². The van der Waals surface area contributed by atoms with Crippen molar-refractivity contribution in [3.63, 3.8) is 0 Å². The number of carbonyl (C=O) groups is 1. The van der Waals surface area contributed by atoms with Crippen LogP contribution >= 0.6 is 15.9 Å². The van der Waals surface area contributed by atoms with Crippen molar-refractivity contribution in [2.75, 3.05) is 13.1 Å². The van der Waals surface area contributed by atoms with Crippen LogP contribution in [0, 0.1) is 11.8 Å². The molecule has 5 heteroatoms. The molecule has 0 aromatic carbocycles. The minimum Gasteiger partial charge on any atom is -0.345 e. The van der Waals surface area contributed by atoms with Gasteiger partial charge in [0.05, 0.1) is 0 Å². The molecular formula is C14H20BrN3O. The average molecular weight is 326 g/mol. The first-order chi connectivity index (χ1) is 9.04. The topological polar surface area (TPSA) is 51.3 Å². The molecule has 2 aliphatic rings. The molecule has 1 saturated heterocycles. The van der Waals surface area contributed by atoms with Crippen LogP contribution < -0.4 is 5.73 Å². The molecule has 3 atom stereocenters. The van der Waals surface area contributed by atoms with Crippen molar-refractivity contribution in [3.8, 4) is 0 Å². The van der Waals surface area contributed by atoms with Crippen LogP contribution in [0.5, 0.6) is 0 Å². The van der Waals surface area contributed by atoms with Gasteiger partial charge in [0.2, 0.25) is 0 Å². The third-order valence-corrected chi connectivity index (χ3v) is 5.00. The quantitative estimate of drug-likeness (QED) is 0.858. The molecule has 1 amide bonds. The summed E-state index contributed by atoms with van der Waals surface area (Å²) >= 11 is 3.42. The highest BCUT2D eigenvalue weighted by Gasteiger charge is 2.39. The third kappa shape index (κ3) is 2.46. The summed E-state index contributed by atoms with van der Waals surface area (Å²) < 4.78 is 2.84. The van der Waals surface area contributed by atoms with Crippen LogP contribution in [-0.2, 0) is 7.05 Å². The van der Waals surface area contributed by atoms with E-state index < -0.39 is 0 Å². The van der Waals surface area contributed by atoms with Crippen LogP contribution in [0.2, 0.25) is 0 Å². The number of amides is 1. The number of fused-ring (bicyclic) bond motifs is 1. The van der Waals surface area contributed by atoms with Gasteiger partial charge in [-0.05, 0) is 53.1 Å². The Hall–Kier alpha value is -0.810. The Morgan fingerprint density at radius 1 is 1.37 bits per heavy atom. The van der Waals surface area contributed by atoms with Gasteiger partial charge in [0.1, 0.15) is 5.69 Å². The zero-order valence-corrected chi connectivity index (χ0v) is 12.8. The summed E-state index contributed by atoms with van der Waals surface area (Å²) in [5.41, 5.74) is 6.80. The molecule has 0 spiro atoms. The number of halogens is 1. The molecule has 2 N–H and O–H groups in total. The molecular weight excluding hydrogens is 306 g/mol. The Bertz CT molecular complexity index is 499. The highest BCUT2D eigenvalue weighted by Crippen LogP contribution is 2.36. The highest BCUT2D eigenvalue weighted by atomic mass is 79.9. The fourth-order valence-electron chi connectivity index (χ4n) is 3.53. The van der Waals surface area contributed by atoms with Crippen molar-refractivity contribution < 1.29 is 4.79 Å². The van der Waals surface area contributed by atoms with Gasteiger partial charge in [-0.25, -0.2) is 0 Å². The zero-order chi connectivity index (χ0) is 13.6. The zero-order valence-electron chi connectivity index (χ0n) is 11.2. The van der Waals surface area contributed by atoms with Gasteiger partial charge in [0.15, 0.2) is 0 Å². The standard InChI is InChI=1S/C14H20BrN3O/c1-17-8-11(15)5-13(17)14(19)18-6-9-2-3-12(16)4-10(9)7-18/h5,8-10,12H,2-4,6-7,16H2,1H3/t9-,10+,12?/m1/s1. The maximum Gasteiger partial charge on any atom is 0.270 e. The van der Waals surface area contributed by atoms with Crippen molar-refractivity contribution >= 4 is 21.8 Å². The predicted molar refractivity (Wildman–Crippen MR) is 77.8 cm³/mol. The summed E-state index contributed by atoms with van der Waals surface area (Å²) in [5, 5.41) is 0. The Balaban J connectivity index is 1.74. The smallest absolute Gasteiger partial charge is 0.270 e. The highest BCUT2D eigenvalue weighted by molar-refractivity contribution is 9.10. The van der Waals surface area contributed by atoms with Gasteiger partial charge < -0.3 is 15.2 Å². The lowest BCUT2D eigenvalue weighted by molar-refractivity contribution is 0.0774. The first-order valence-electron chi connectivity index (χ1n) is 6.91. The lowest BCUT2D eigenvalue weighted by Gasteiger charge is -2.27. The summed E-state index contributed by atoms with van der Waals surface area (Å²) in [7, 11) is 1.91. The molecule has 1 aliphatic carbocycles. The summed E-state index contributed by atoms with van der Waals surface area (Å²) in [5.74, 6) is 1.42. The van der Waals surface area contributed by atoms with Gasteiger partial charge in [-0.3, -0.25) is 4.79 Å². The molecule has 104 valence electrons. The SMILES string of the molecule is Cn1cc(Br)cc1C(=O)N1C[C@H]2CCC(N)C[C@H]2C1. The minimum absolute atomic E-state index is 0.149. The molecule has 1 aliphatic heterocycles. The fraction of sp³-hybridized carbons (Fsp3) is 0.643. The van der Waals surface area contributed by atoms with Gasteiger partial charge in [-0.2, -0.15) is 0 Å². The Kier molecular flexibility index (Phi) is 3.43. The molecule has 1 aromatic heterocycles. The molecule has 1 saturated carbocycles. The Morgan fingerprint density at radius 3 is 2.79 bits per heavy atom. The second kappa shape index (κ2) is 4.94. The minimum atomic E-state index is 0.149. The van der Waals surface area contributed by atoms with E-state index in [2.05, 4.69) is 15.9 Å². The van der Waals surface area contributed by atoms with Gasteiger partial charge in [-0.1, -0.05) is 0 Å². The second-order valence-electron chi connectivity index (χ2n) is 5.96. The van der Waals surface area contributed by atoms with Crippen LogP contribution in [0.3, 0.4) is 0 Å². The summed E-state index contributed by atoms with van der Waals surface area (Å²) in [6.07, 6.45) is 5.28. The Labute approximate surface area is 122 Å². The molecule has 19 heavy (non-hydrogen) atoms. The number of aryl methyl sites for hydroxylation is 1. The van der Waals surface area contributed by atoms with Crippen LogP contribution in [-0.4, -0.2) is 34.5 Å². The number of nitrogens with zero attached hydrogens (tertiary/aromatic N) is 2. The molecule has 3 rings (SSSR count). The number of hydrogen-bond acceptors (Lipinski definition) is 2.